The molecule has 2 aliphatic rings. The number of fused-ring (bicyclic) bond motifs is 1. The van der Waals surface area contributed by atoms with Crippen molar-refractivity contribution in [2.24, 2.45) is 0 Å². The maximum atomic E-state index is 12.4. The van der Waals surface area contributed by atoms with Crippen molar-refractivity contribution in [3.63, 3.8) is 0 Å². The van der Waals surface area contributed by atoms with Gasteiger partial charge in [0.05, 0.1) is 0 Å². The number of hydrogen-bond donors (Lipinski definition) is 2. The van der Waals surface area contributed by atoms with E-state index in [9.17, 15) is 4.79 Å². The summed E-state index contributed by atoms with van der Waals surface area (Å²) in [4.78, 5) is 12.4. The van der Waals surface area contributed by atoms with Crippen molar-refractivity contribution >= 4 is 11.6 Å². The first-order valence-electron chi connectivity index (χ1n) is 7.51. The van der Waals surface area contributed by atoms with Crippen LogP contribution in [0.5, 0.6) is 0 Å². The van der Waals surface area contributed by atoms with Crippen molar-refractivity contribution in [2.45, 2.75) is 30.8 Å². The monoisotopic (exact) mass is 278 g/mol. The minimum absolute atomic E-state index is 0.120. The summed E-state index contributed by atoms with van der Waals surface area (Å²) in [5, 5.41) is 6.49. The standard InChI is InChI=1S/C18H18N2O/c21-18(17-10-13-8-4-5-9-15(13)19-17)20-16-11-14(16)12-6-2-1-3-7-12/h1-9,14,16-17,19H,10-11H2,(H,20,21)/t14?,16?,17-/m0/s1. The van der Waals surface area contributed by atoms with E-state index in [0.717, 1.165) is 18.5 Å². The molecule has 1 saturated carbocycles. The van der Waals surface area contributed by atoms with E-state index in [0.29, 0.717) is 12.0 Å². The second-order valence-electron chi connectivity index (χ2n) is 5.93. The minimum Gasteiger partial charge on any atom is -0.373 e. The lowest BCUT2D eigenvalue weighted by Gasteiger charge is -2.12. The molecule has 2 unspecified atom stereocenters. The van der Waals surface area contributed by atoms with E-state index in [1.165, 1.54) is 11.1 Å². The van der Waals surface area contributed by atoms with Crippen molar-refractivity contribution < 1.29 is 4.79 Å². The van der Waals surface area contributed by atoms with Gasteiger partial charge >= 0.3 is 0 Å². The summed E-state index contributed by atoms with van der Waals surface area (Å²) in [7, 11) is 0. The maximum absolute atomic E-state index is 12.4. The second-order valence-corrected chi connectivity index (χ2v) is 5.93. The fourth-order valence-electron chi connectivity index (χ4n) is 3.16. The Morgan fingerprint density at radius 2 is 1.81 bits per heavy atom. The van der Waals surface area contributed by atoms with Crippen molar-refractivity contribution in [1.29, 1.82) is 0 Å². The number of carbonyl (C=O) groups excluding carboxylic acids is 1. The first-order chi connectivity index (χ1) is 10.3. The van der Waals surface area contributed by atoms with Crippen molar-refractivity contribution in [1.82, 2.24) is 5.32 Å². The van der Waals surface area contributed by atoms with Gasteiger partial charge in [-0.15, -0.1) is 0 Å². The van der Waals surface area contributed by atoms with Crippen molar-refractivity contribution in [3.8, 4) is 0 Å². The van der Waals surface area contributed by atoms with Gasteiger partial charge in [-0.3, -0.25) is 4.79 Å². The lowest BCUT2D eigenvalue weighted by molar-refractivity contribution is -0.121. The number of rotatable bonds is 3. The van der Waals surface area contributed by atoms with Crippen LogP contribution in [0.4, 0.5) is 5.69 Å². The van der Waals surface area contributed by atoms with Gasteiger partial charge in [-0.05, 0) is 23.6 Å². The van der Waals surface area contributed by atoms with Crippen LogP contribution >= 0.6 is 0 Å². The molecule has 4 rings (SSSR count). The molecule has 1 aliphatic carbocycles. The Kier molecular flexibility index (Phi) is 2.92. The van der Waals surface area contributed by atoms with Gasteiger partial charge in [-0.1, -0.05) is 48.5 Å². The number of benzene rings is 2. The molecule has 2 aromatic carbocycles. The molecule has 0 aromatic heterocycles. The Labute approximate surface area is 124 Å². The average Bonchev–Trinajstić information content (AvgIpc) is 3.14. The van der Waals surface area contributed by atoms with Gasteiger partial charge in [-0.25, -0.2) is 0 Å². The van der Waals surface area contributed by atoms with Gasteiger partial charge in [-0.2, -0.15) is 0 Å². The molecule has 106 valence electrons. The Morgan fingerprint density at radius 1 is 1.05 bits per heavy atom. The second kappa shape index (κ2) is 4.92. The third kappa shape index (κ3) is 2.40. The Morgan fingerprint density at radius 3 is 2.62 bits per heavy atom. The number of para-hydroxylation sites is 1. The Hall–Kier alpha value is -2.29. The van der Waals surface area contributed by atoms with Crippen LogP contribution in [0.2, 0.25) is 0 Å². The highest BCUT2D eigenvalue weighted by Crippen LogP contribution is 2.40. The Bertz CT molecular complexity index is 643. The molecule has 1 amide bonds. The van der Waals surface area contributed by atoms with E-state index in [-0.39, 0.29) is 11.9 Å². The quantitative estimate of drug-likeness (QED) is 0.906. The molecular formula is C18H18N2O. The van der Waals surface area contributed by atoms with E-state index in [1.807, 2.05) is 24.3 Å². The fraction of sp³-hybridized carbons (Fsp3) is 0.278. The highest BCUT2D eigenvalue weighted by molar-refractivity contribution is 5.88. The molecule has 0 spiro atoms. The van der Waals surface area contributed by atoms with E-state index >= 15 is 0 Å². The molecular weight excluding hydrogens is 260 g/mol. The van der Waals surface area contributed by atoms with E-state index in [1.54, 1.807) is 0 Å². The normalized spacial score (nSPS) is 25.8. The van der Waals surface area contributed by atoms with Crippen LogP contribution in [0.15, 0.2) is 54.6 Å². The summed E-state index contributed by atoms with van der Waals surface area (Å²) in [5.41, 5.74) is 3.64. The van der Waals surface area contributed by atoms with Crippen LogP contribution in [0, 0.1) is 0 Å². The summed E-state index contributed by atoms with van der Waals surface area (Å²) in [6, 6.07) is 18.7. The van der Waals surface area contributed by atoms with Crippen molar-refractivity contribution in [2.75, 3.05) is 5.32 Å². The fourth-order valence-corrected chi connectivity index (χ4v) is 3.16. The highest BCUT2D eigenvalue weighted by atomic mass is 16.2. The summed E-state index contributed by atoms with van der Waals surface area (Å²) in [6.45, 7) is 0. The highest BCUT2D eigenvalue weighted by Gasteiger charge is 2.40. The molecule has 2 aromatic rings. The largest absolute Gasteiger partial charge is 0.373 e. The molecule has 1 heterocycles. The summed E-state index contributed by atoms with van der Waals surface area (Å²) >= 11 is 0. The molecule has 3 nitrogen and oxygen atoms in total. The number of nitrogens with one attached hydrogen (secondary N) is 2. The van der Waals surface area contributed by atoms with Crippen LogP contribution in [0.3, 0.4) is 0 Å². The van der Waals surface area contributed by atoms with Gasteiger partial charge in [0.25, 0.3) is 0 Å². The zero-order valence-corrected chi connectivity index (χ0v) is 11.8. The molecule has 1 aliphatic heterocycles. The predicted molar refractivity (Wildman–Crippen MR) is 83.3 cm³/mol. The summed E-state index contributed by atoms with van der Waals surface area (Å²) < 4.78 is 0. The first kappa shape index (κ1) is 12.5. The van der Waals surface area contributed by atoms with Gasteiger partial charge < -0.3 is 10.6 Å². The topological polar surface area (TPSA) is 41.1 Å². The minimum atomic E-state index is -0.126. The third-order valence-electron chi connectivity index (χ3n) is 4.43. The third-order valence-corrected chi connectivity index (χ3v) is 4.43. The summed E-state index contributed by atoms with van der Waals surface area (Å²) in [5.74, 6) is 0.605. The lowest BCUT2D eigenvalue weighted by Crippen LogP contribution is -2.39. The molecule has 3 atom stereocenters. The van der Waals surface area contributed by atoms with Crippen LogP contribution < -0.4 is 10.6 Å². The van der Waals surface area contributed by atoms with Crippen LogP contribution in [0.25, 0.3) is 0 Å². The zero-order chi connectivity index (χ0) is 14.2. The number of hydrogen-bond acceptors (Lipinski definition) is 2. The molecule has 0 bridgehead atoms. The number of anilines is 1. The van der Waals surface area contributed by atoms with Gasteiger partial charge in [0.1, 0.15) is 6.04 Å². The molecule has 3 heteroatoms. The molecule has 2 N–H and O–H groups in total. The molecule has 21 heavy (non-hydrogen) atoms. The van der Waals surface area contributed by atoms with Gasteiger partial charge in [0.2, 0.25) is 5.91 Å². The van der Waals surface area contributed by atoms with E-state index < -0.39 is 0 Å². The van der Waals surface area contributed by atoms with Gasteiger partial charge in [0.15, 0.2) is 0 Å². The van der Waals surface area contributed by atoms with Crippen LogP contribution in [0.1, 0.15) is 23.5 Å². The first-order valence-corrected chi connectivity index (χ1v) is 7.51. The number of amides is 1. The smallest absolute Gasteiger partial charge is 0.243 e. The maximum Gasteiger partial charge on any atom is 0.243 e. The van der Waals surface area contributed by atoms with E-state index in [2.05, 4.69) is 41.0 Å². The van der Waals surface area contributed by atoms with Crippen LogP contribution in [-0.2, 0) is 11.2 Å². The molecule has 1 fully saturated rings. The zero-order valence-electron chi connectivity index (χ0n) is 11.8. The summed E-state index contributed by atoms with van der Waals surface area (Å²) in [6.07, 6.45) is 1.83. The SMILES string of the molecule is O=C(NC1CC1c1ccccc1)[C@@H]1Cc2ccccc2N1. The Balaban J connectivity index is 1.36. The average molecular weight is 278 g/mol. The lowest BCUT2D eigenvalue weighted by atomic mass is 10.1. The number of carbonyl (C=O) groups is 1. The predicted octanol–water partition coefficient (Wildman–Crippen LogP) is 2.70. The molecule has 0 saturated heterocycles. The van der Waals surface area contributed by atoms with Crippen LogP contribution in [-0.4, -0.2) is 18.0 Å². The van der Waals surface area contributed by atoms with Gasteiger partial charge in [0, 0.05) is 24.1 Å². The molecule has 0 radical (unpaired) electrons. The van der Waals surface area contributed by atoms with Crippen molar-refractivity contribution in [3.05, 3.63) is 65.7 Å². The van der Waals surface area contributed by atoms with E-state index in [4.69, 9.17) is 0 Å².